The predicted octanol–water partition coefficient (Wildman–Crippen LogP) is 2.06. The summed E-state index contributed by atoms with van der Waals surface area (Å²) in [4.78, 5) is 4.91. The summed E-state index contributed by atoms with van der Waals surface area (Å²) in [6.07, 6.45) is 4.67. The molecule has 3 heteroatoms. The fraction of sp³-hybridized carbons (Fsp3) is 1.00. The fourth-order valence-corrected chi connectivity index (χ4v) is 3.82. The molecule has 1 aliphatic carbocycles. The van der Waals surface area contributed by atoms with Crippen molar-refractivity contribution in [1.82, 2.24) is 9.80 Å². The van der Waals surface area contributed by atoms with Crippen LogP contribution in [0.5, 0.6) is 0 Å². The first-order valence-corrected chi connectivity index (χ1v) is 8.04. The minimum atomic E-state index is -0.0617. The molecule has 0 radical (unpaired) electrons. The molecule has 0 amide bonds. The lowest BCUT2D eigenvalue weighted by Crippen LogP contribution is -2.40. The topological polar surface area (TPSA) is 26.7 Å². The van der Waals surface area contributed by atoms with Crippen molar-refractivity contribution in [2.45, 2.75) is 51.7 Å². The van der Waals surface area contributed by atoms with Crippen molar-refractivity contribution >= 4 is 0 Å². The zero-order valence-electron chi connectivity index (χ0n) is 13.2. The molecule has 4 atom stereocenters. The molecule has 112 valence electrons. The van der Waals surface area contributed by atoms with E-state index in [1.165, 1.54) is 32.4 Å². The molecule has 1 N–H and O–H groups in total. The molecule has 4 unspecified atom stereocenters. The molecule has 0 aromatic heterocycles. The second-order valence-electron chi connectivity index (χ2n) is 7.31. The van der Waals surface area contributed by atoms with Crippen LogP contribution in [0, 0.1) is 17.8 Å². The van der Waals surface area contributed by atoms with Crippen molar-refractivity contribution in [2.75, 3.05) is 33.7 Å². The molecule has 0 aromatic carbocycles. The molecule has 0 spiro atoms. The molecule has 2 rings (SSSR count). The SMILES string of the molecule is CC(C)C1CCC(O)C(CN2CCC(N(C)C)C2)C1. The molecule has 0 aromatic rings. The van der Waals surface area contributed by atoms with Gasteiger partial charge in [0.25, 0.3) is 0 Å². The smallest absolute Gasteiger partial charge is 0.0580 e. The normalized spacial score (nSPS) is 37.4. The average molecular weight is 268 g/mol. The Balaban J connectivity index is 1.84. The van der Waals surface area contributed by atoms with E-state index in [4.69, 9.17) is 0 Å². The Morgan fingerprint density at radius 1 is 1.21 bits per heavy atom. The standard InChI is InChI=1S/C16H32N2O/c1-12(2)13-5-6-16(19)14(9-13)10-18-8-7-15(11-18)17(3)4/h12-16,19H,5-11H2,1-4H3. The summed E-state index contributed by atoms with van der Waals surface area (Å²) in [5.74, 6) is 2.09. The summed E-state index contributed by atoms with van der Waals surface area (Å²) in [6, 6.07) is 0.710. The summed E-state index contributed by atoms with van der Waals surface area (Å²) in [5, 5.41) is 10.3. The molecule has 2 fully saturated rings. The summed E-state index contributed by atoms with van der Waals surface area (Å²) >= 11 is 0. The van der Waals surface area contributed by atoms with Gasteiger partial charge in [0, 0.05) is 19.1 Å². The molecule has 3 nitrogen and oxygen atoms in total. The summed E-state index contributed by atoms with van der Waals surface area (Å²) < 4.78 is 0. The lowest BCUT2D eigenvalue weighted by Gasteiger charge is -2.37. The molecule has 1 heterocycles. The molecule has 1 saturated carbocycles. The van der Waals surface area contributed by atoms with Gasteiger partial charge in [0.15, 0.2) is 0 Å². The minimum absolute atomic E-state index is 0.0617. The molecule has 19 heavy (non-hydrogen) atoms. The van der Waals surface area contributed by atoms with E-state index >= 15 is 0 Å². The van der Waals surface area contributed by atoms with Gasteiger partial charge >= 0.3 is 0 Å². The van der Waals surface area contributed by atoms with Crippen molar-refractivity contribution in [1.29, 1.82) is 0 Å². The van der Waals surface area contributed by atoms with Crippen LogP contribution in [-0.2, 0) is 0 Å². The fourth-order valence-electron chi connectivity index (χ4n) is 3.82. The van der Waals surface area contributed by atoms with E-state index in [1.54, 1.807) is 0 Å². The van der Waals surface area contributed by atoms with E-state index in [0.717, 1.165) is 24.8 Å². The van der Waals surface area contributed by atoms with Gasteiger partial charge < -0.3 is 14.9 Å². The van der Waals surface area contributed by atoms with Crippen molar-refractivity contribution < 1.29 is 5.11 Å². The van der Waals surface area contributed by atoms with Gasteiger partial charge in [-0.05, 0) is 64.1 Å². The van der Waals surface area contributed by atoms with Gasteiger partial charge in [-0.25, -0.2) is 0 Å². The van der Waals surface area contributed by atoms with Gasteiger partial charge in [0.1, 0.15) is 0 Å². The van der Waals surface area contributed by atoms with Crippen LogP contribution in [0.4, 0.5) is 0 Å². The van der Waals surface area contributed by atoms with Crippen LogP contribution in [0.1, 0.15) is 39.5 Å². The van der Waals surface area contributed by atoms with Gasteiger partial charge in [0.05, 0.1) is 6.10 Å². The third kappa shape index (κ3) is 3.93. The first-order chi connectivity index (χ1) is 8.97. The number of aliphatic hydroxyl groups is 1. The van der Waals surface area contributed by atoms with Crippen molar-refractivity contribution in [3.63, 3.8) is 0 Å². The monoisotopic (exact) mass is 268 g/mol. The van der Waals surface area contributed by atoms with E-state index < -0.39 is 0 Å². The molecule has 1 saturated heterocycles. The number of likely N-dealkylation sites (N-methyl/N-ethyl adjacent to an activating group) is 1. The number of hydrogen-bond acceptors (Lipinski definition) is 3. The Hall–Kier alpha value is -0.120. The van der Waals surface area contributed by atoms with Gasteiger partial charge in [-0.15, -0.1) is 0 Å². The highest BCUT2D eigenvalue weighted by atomic mass is 16.3. The highest BCUT2D eigenvalue weighted by Gasteiger charge is 2.33. The highest BCUT2D eigenvalue weighted by Crippen LogP contribution is 2.34. The van der Waals surface area contributed by atoms with Crippen LogP contribution in [0.3, 0.4) is 0 Å². The number of rotatable bonds is 4. The largest absolute Gasteiger partial charge is 0.393 e. The average Bonchev–Trinajstić information content (AvgIpc) is 2.80. The Kier molecular flexibility index (Phi) is 5.27. The first-order valence-electron chi connectivity index (χ1n) is 8.04. The van der Waals surface area contributed by atoms with Gasteiger partial charge in [0.2, 0.25) is 0 Å². The van der Waals surface area contributed by atoms with E-state index in [-0.39, 0.29) is 6.10 Å². The Labute approximate surface area is 119 Å². The minimum Gasteiger partial charge on any atom is -0.393 e. The highest BCUT2D eigenvalue weighted by molar-refractivity contribution is 4.87. The number of nitrogens with zero attached hydrogens (tertiary/aromatic N) is 2. The number of aliphatic hydroxyl groups excluding tert-OH is 1. The van der Waals surface area contributed by atoms with E-state index in [1.807, 2.05) is 0 Å². The maximum Gasteiger partial charge on any atom is 0.0580 e. The number of hydrogen-bond donors (Lipinski definition) is 1. The first kappa shape index (κ1) is 15.3. The Morgan fingerprint density at radius 2 is 1.95 bits per heavy atom. The summed E-state index contributed by atoms with van der Waals surface area (Å²) in [7, 11) is 4.36. The van der Waals surface area contributed by atoms with Crippen molar-refractivity contribution in [2.24, 2.45) is 17.8 Å². The van der Waals surface area contributed by atoms with E-state index in [9.17, 15) is 5.11 Å². The molecule has 0 bridgehead atoms. The maximum atomic E-state index is 10.3. The predicted molar refractivity (Wildman–Crippen MR) is 80.2 cm³/mol. The van der Waals surface area contributed by atoms with Crippen LogP contribution in [0.25, 0.3) is 0 Å². The molecule has 2 aliphatic rings. The van der Waals surface area contributed by atoms with Gasteiger partial charge in [-0.3, -0.25) is 0 Å². The van der Waals surface area contributed by atoms with Crippen LogP contribution in [-0.4, -0.2) is 60.8 Å². The van der Waals surface area contributed by atoms with Gasteiger partial charge in [-0.1, -0.05) is 13.8 Å². The third-order valence-electron chi connectivity index (χ3n) is 5.40. The van der Waals surface area contributed by atoms with Crippen LogP contribution >= 0.6 is 0 Å². The lowest BCUT2D eigenvalue weighted by atomic mass is 9.74. The number of likely N-dealkylation sites (tertiary alicyclic amines) is 1. The summed E-state index contributed by atoms with van der Waals surface area (Å²) in [5.41, 5.74) is 0. The molecular formula is C16H32N2O. The molecule has 1 aliphatic heterocycles. The lowest BCUT2D eigenvalue weighted by molar-refractivity contribution is 0.0213. The van der Waals surface area contributed by atoms with Crippen LogP contribution in [0.15, 0.2) is 0 Å². The quantitative estimate of drug-likeness (QED) is 0.845. The van der Waals surface area contributed by atoms with E-state index in [2.05, 4.69) is 37.7 Å². The third-order valence-corrected chi connectivity index (χ3v) is 5.40. The van der Waals surface area contributed by atoms with Crippen molar-refractivity contribution in [3.8, 4) is 0 Å². The Bertz CT molecular complexity index is 280. The van der Waals surface area contributed by atoms with Gasteiger partial charge in [-0.2, -0.15) is 0 Å². The zero-order chi connectivity index (χ0) is 14.0. The molecular weight excluding hydrogens is 236 g/mol. The maximum absolute atomic E-state index is 10.3. The Morgan fingerprint density at radius 3 is 2.53 bits per heavy atom. The second kappa shape index (κ2) is 6.55. The summed E-state index contributed by atoms with van der Waals surface area (Å²) in [6.45, 7) is 8.16. The van der Waals surface area contributed by atoms with Crippen LogP contribution in [0.2, 0.25) is 0 Å². The second-order valence-corrected chi connectivity index (χ2v) is 7.31. The van der Waals surface area contributed by atoms with Crippen LogP contribution < -0.4 is 0 Å². The zero-order valence-corrected chi connectivity index (χ0v) is 13.2. The van der Waals surface area contributed by atoms with E-state index in [0.29, 0.717) is 12.0 Å². The van der Waals surface area contributed by atoms with Crippen molar-refractivity contribution in [3.05, 3.63) is 0 Å².